The number of hydrogen-bond donors (Lipinski definition) is 2. The van der Waals surface area contributed by atoms with E-state index in [0.717, 1.165) is 27.7 Å². The van der Waals surface area contributed by atoms with Crippen LogP contribution < -0.4 is 15.4 Å². The Hall–Kier alpha value is -2.70. The van der Waals surface area contributed by atoms with E-state index in [9.17, 15) is 4.79 Å². The van der Waals surface area contributed by atoms with Gasteiger partial charge in [-0.25, -0.2) is 0 Å². The van der Waals surface area contributed by atoms with Gasteiger partial charge in [-0.05, 0) is 67.0 Å². The van der Waals surface area contributed by atoms with Gasteiger partial charge in [-0.2, -0.15) is 0 Å². The lowest BCUT2D eigenvalue weighted by Crippen LogP contribution is -2.34. The van der Waals surface area contributed by atoms with Crippen LogP contribution in [0.1, 0.15) is 27.0 Å². The highest BCUT2D eigenvalue weighted by Crippen LogP contribution is 2.24. The van der Waals surface area contributed by atoms with Gasteiger partial charge in [-0.1, -0.05) is 58.4 Å². The zero-order valence-corrected chi connectivity index (χ0v) is 19.3. The van der Waals surface area contributed by atoms with Crippen molar-refractivity contribution in [2.45, 2.75) is 20.3 Å². The molecule has 0 saturated heterocycles. The molecule has 0 unspecified atom stereocenters. The van der Waals surface area contributed by atoms with Gasteiger partial charge < -0.3 is 10.1 Å². The largest absolute Gasteiger partial charge is 0.492 e. The summed E-state index contributed by atoms with van der Waals surface area (Å²) in [6, 6.07) is 21.3. The van der Waals surface area contributed by atoms with E-state index in [0.29, 0.717) is 17.9 Å². The van der Waals surface area contributed by atoms with Gasteiger partial charge in [0.1, 0.15) is 5.75 Å². The first-order valence-electron chi connectivity index (χ1n) is 9.59. The quantitative estimate of drug-likeness (QED) is 0.435. The van der Waals surface area contributed by atoms with Crippen LogP contribution in [-0.4, -0.2) is 17.6 Å². The molecule has 6 heteroatoms. The monoisotopic (exact) mass is 482 g/mol. The molecule has 0 spiro atoms. The molecule has 0 fully saturated rings. The number of ether oxygens (including phenoxy) is 1. The van der Waals surface area contributed by atoms with Crippen LogP contribution in [0.5, 0.6) is 5.75 Å². The number of aryl methyl sites for hydroxylation is 1. The molecule has 0 heterocycles. The summed E-state index contributed by atoms with van der Waals surface area (Å²) in [5.74, 6) is 0.190. The molecule has 0 aromatic heterocycles. The van der Waals surface area contributed by atoms with E-state index in [1.807, 2.05) is 56.3 Å². The summed E-state index contributed by atoms with van der Waals surface area (Å²) in [6.45, 7) is 4.51. The van der Waals surface area contributed by atoms with Gasteiger partial charge in [-0.15, -0.1) is 0 Å². The van der Waals surface area contributed by atoms with Gasteiger partial charge in [0.25, 0.3) is 5.91 Å². The smallest absolute Gasteiger partial charge is 0.261 e. The van der Waals surface area contributed by atoms with E-state index >= 15 is 0 Å². The van der Waals surface area contributed by atoms with Crippen molar-refractivity contribution in [3.05, 3.63) is 93.5 Å². The number of nitrogens with one attached hydrogen (secondary N) is 2. The zero-order valence-electron chi connectivity index (χ0n) is 16.9. The molecule has 1 amide bonds. The van der Waals surface area contributed by atoms with Crippen LogP contribution in [-0.2, 0) is 6.42 Å². The Morgan fingerprint density at radius 1 is 1.03 bits per heavy atom. The summed E-state index contributed by atoms with van der Waals surface area (Å²) >= 11 is 8.77. The molecular weight excluding hydrogens is 460 g/mol. The summed E-state index contributed by atoms with van der Waals surface area (Å²) in [4.78, 5) is 12.9. The maximum Gasteiger partial charge on any atom is 0.261 e. The summed E-state index contributed by atoms with van der Waals surface area (Å²) in [5, 5.41) is 6.08. The minimum absolute atomic E-state index is 0.240. The molecule has 30 heavy (non-hydrogen) atoms. The SMILES string of the molecule is Cc1cccc(NC(=S)NC(=O)c2cc(Br)ccc2OCCc2ccccc2)c1C. The maximum atomic E-state index is 12.9. The highest BCUT2D eigenvalue weighted by molar-refractivity contribution is 9.10. The molecule has 3 aromatic rings. The molecule has 0 radical (unpaired) electrons. The van der Waals surface area contributed by atoms with Gasteiger partial charge in [0.05, 0.1) is 12.2 Å². The van der Waals surface area contributed by atoms with Crippen LogP contribution >= 0.6 is 28.1 Å². The molecule has 0 bridgehead atoms. The van der Waals surface area contributed by atoms with Crippen molar-refractivity contribution >= 4 is 44.9 Å². The van der Waals surface area contributed by atoms with Crippen molar-refractivity contribution in [2.75, 3.05) is 11.9 Å². The van der Waals surface area contributed by atoms with E-state index in [2.05, 4.69) is 38.7 Å². The number of benzene rings is 3. The predicted octanol–water partition coefficient (Wildman–Crippen LogP) is 5.81. The summed E-state index contributed by atoms with van der Waals surface area (Å²) < 4.78 is 6.69. The van der Waals surface area contributed by atoms with Gasteiger partial charge >= 0.3 is 0 Å². The first-order chi connectivity index (χ1) is 14.4. The number of hydrogen-bond acceptors (Lipinski definition) is 3. The number of carbonyl (C=O) groups is 1. The lowest BCUT2D eigenvalue weighted by atomic mass is 10.1. The molecule has 0 saturated carbocycles. The standard InChI is InChI=1S/C24H23BrN2O2S/c1-16-7-6-10-21(17(16)2)26-24(30)27-23(28)20-15-19(25)11-12-22(20)29-14-13-18-8-4-3-5-9-18/h3-12,15H,13-14H2,1-2H3,(H2,26,27,28,30). The van der Waals surface area contributed by atoms with Crippen LogP contribution in [0.25, 0.3) is 0 Å². The van der Waals surface area contributed by atoms with Gasteiger partial charge in [0.2, 0.25) is 0 Å². The van der Waals surface area contributed by atoms with E-state index in [4.69, 9.17) is 17.0 Å². The van der Waals surface area contributed by atoms with E-state index < -0.39 is 0 Å². The topological polar surface area (TPSA) is 50.4 Å². The Morgan fingerprint density at radius 3 is 2.57 bits per heavy atom. The Morgan fingerprint density at radius 2 is 1.80 bits per heavy atom. The zero-order chi connectivity index (χ0) is 21.5. The predicted molar refractivity (Wildman–Crippen MR) is 129 cm³/mol. The molecule has 0 aliphatic rings. The Bertz CT molecular complexity index is 1050. The van der Waals surface area contributed by atoms with Crippen LogP contribution in [0.2, 0.25) is 0 Å². The highest BCUT2D eigenvalue weighted by Gasteiger charge is 2.15. The number of amides is 1. The molecule has 0 aliphatic heterocycles. The molecule has 2 N–H and O–H groups in total. The van der Waals surface area contributed by atoms with Crippen molar-refractivity contribution in [1.82, 2.24) is 5.32 Å². The molecule has 154 valence electrons. The maximum absolute atomic E-state index is 12.9. The lowest BCUT2D eigenvalue weighted by molar-refractivity contribution is 0.0973. The lowest BCUT2D eigenvalue weighted by Gasteiger charge is -2.15. The van der Waals surface area contributed by atoms with Crippen molar-refractivity contribution in [1.29, 1.82) is 0 Å². The average molecular weight is 483 g/mol. The van der Waals surface area contributed by atoms with E-state index in [1.165, 1.54) is 5.56 Å². The number of anilines is 1. The second-order valence-electron chi connectivity index (χ2n) is 6.88. The van der Waals surface area contributed by atoms with Gasteiger partial charge in [-0.3, -0.25) is 10.1 Å². The molecule has 4 nitrogen and oxygen atoms in total. The van der Waals surface area contributed by atoms with E-state index in [1.54, 1.807) is 12.1 Å². The fraction of sp³-hybridized carbons (Fsp3) is 0.167. The number of rotatable bonds is 6. The third kappa shape index (κ3) is 5.90. The fourth-order valence-electron chi connectivity index (χ4n) is 2.94. The second-order valence-corrected chi connectivity index (χ2v) is 8.20. The Kier molecular flexibility index (Phi) is 7.60. The average Bonchev–Trinajstić information content (AvgIpc) is 2.73. The first-order valence-corrected chi connectivity index (χ1v) is 10.8. The van der Waals surface area contributed by atoms with Crippen LogP contribution in [0.4, 0.5) is 5.69 Å². The summed E-state index contributed by atoms with van der Waals surface area (Å²) in [5.41, 5.74) is 4.70. The number of thiocarbonyl (C=S) groups is 1. The minimum atomic E-state index is -0.325. The van der Waals surface area contributed by atoms with Crippen molar-refractivity contribution in [3.63, 3.8) is 0 Å². The first kappa shape index (κ1) is 22.0. The fourth-order valence-corrected chi connectivity index (χ4v) is 3.50. The Balaban J connectivity index is 1.66. The third-order valence-electron chi connectivity index (χ3n) is 4.76. The van der Waals surface area contributed by atoms with Crippen LogP contribution in [0, 0.1) is 13.8 Å². The van der Waals surface area contributed by atoms with Crippen molar-refractivity contribution < 1.29 is 9.53 Å². The van der Waals surface area contributed by atoms with Crippen molar-refractivity contribution in [2.24, 2.45) is 0 Å². The van der Waals surface area contributed by atoms with Gasteiger partial charge in [0.15, 0.2) is 5.11 Å². The third-order valence-corrected chi connectivity index (χ3v) is 5.45. The molecule has 3 aromatic carbocycles. The van der Waals surface area contributed by atoms with Crippen LogP contribution in [0.3, 0.4) is 0 Å². The van der Waals surface area contributed by atoms with E-state index in [-0.39, 0.29) is 11.0 Å². The van der Waals surface area contributed by atoms with Crippen molar-refractivity contribution in [3.8, 4) is 5.75 Å². The molecule has 3 rings (SSSR count). The minimum Gasteiger partial charge on any atom is -0.492 e. The number of halogens is 1. The normalized spacial score (nSPS) is 10.4. The second kappa shape index (κ2) is 10.4. The molecule has 0 aliphatic carbocycles. The van der Waals surface area contributed by atoms with Gasteiger partial charge in [0, 0.05) is 16.6 Å². The summed E-state index contributed by atoms with van der Waals surface area (Å²) in [7, 11) is 0. The molecular formula is C24H23BrN2O2S. The van der Waals surface area contributed by atoms with Crippen LogP contribution in [0.15, 0.2) is 71.2 Å². The number of carbonyl (C=O) groups excluding carboxylic acids is 1. The molecule has 0 atom stereocenters. The highest BCUT2D eigenvalue weighted by atomic mass is 79.9. The summed E-state index contributed by atoms with van der Waals surface area (Å²) in [6.07, 6.45) is 0.755. The Labute approximate surface area is 190 Å².